The Hall–Kier alpha value is -1.27. The first kappa shape index (κ1) is 10.8. The third-order valence-corrected chi connectivity index (χ3v) is 1.94. The second-order valence-corrected chi connectivity index (χ2v) is 3.87. The molecule has 1 aromatic carbocycles. The number of nitrogens with one attached hydrogen (secondary N) is 1. The average Bonchev–Trinajstić information content (AvgIpc) is 2.06. The van der Waals surface area contributed by atoms with E-state index in [1.807, 2.05) is 6.92 Å². The number of hydrogen-bond donors (Lipinski definition) is 2. The van der Waals surface area contributed by atoms with Crippen molar-refractivity contribution in [3.63, 3.8) is 0 Å². The second kappa shape index (κ2) is 4.30. The van der Waals surface area contributed by atoms with Crippen LogP contribution >= 0.6 is 0 Å². The molecule has 0 radical (unpaired) electrons. The summed E-state index contributed by atoms with van der Waals surface area (Å²) in [5, 5.41) is 4.84. The SMILES string of the molecule is CCOc1ccccc1NS(N)(=O)=O. The fourth-order valence-electron chi connectivity index (χ4n) is 0.986. The fourth-order valence-corrected chi connectivity index (χ4v) is 1.46. The molecule has 0 fully saturated rings. The third-order valence-electron chi connectivity index (χ3n) is 1.44. The smallest absolute Gasteiger partial charge is 0.296 e. The molecule has 0 heterocycles. The normalized spacial score (nSPS) is 11.0. The van der Waals surface area contributed by atoms with Gasteiger partial charge in [-0.3, -0.25) is 4.72 Å². The molecule has 0 saturated carbocycles. The molecule has 0 aliphatic rings. The Bertz CT molecular complexity index is 403. The largest absolute Gasteiger partial charge is 0.492 e. The fraction of sp³-hybridized carbons (Fsp3) is 0.250. The summed E-state index contributed by atoms with van der Waals surface area (Å²) in [6.07, 6.45) is 0. The molecule has 0 saturated heterocycles. The monoisotopic (exact) mass is 216 g/mol. The summed E-state index contributed by atoms with van der Waals surface area (Å²) in [5.41, 5.74) is 0.344. The van der Waals surface area contributed by atoms with Gasteiger partial charge in [0, 0.05) is 0 Å². The maximum atomic E-state index is 10.8. The number of ether oxygens (including phenoxy) is 1. The van der Waals surface area contributed by atoms with E-state index in [0.717, 1.165) is 0 Å². The van der Waals surface area contributed by atoms with Gasteiger partial charge in [0.05, 0.1) is 12.3 Å². The molecule has 0 aliphatic carbocycles. The highest BCUT2D eigenvalue weighted by Crippen LogP contribution is 2.23. The van der Waals surface area contributed by atoms with Crippen molar-refractivity contribution in [1.29, 1.82) is 0 Å². The van der Waals surface area contributed by atoms with E-state index in [1.165, 1.54) is 0 Å². The number of nitrogens with two attached hydrogens (primary N) is 1. The molecule has 14 heavy (non-hydrogen) atoms. The molecule has 6 heteroatoms. The van der Waals surface area contributed by atoms with Gasteiger partial charge in [-0.2, -0.15) is 8.42 Å². The van der Waals surface area contributed by atoms with Gasteiger partial charge in [0.25, 0.3) is 10.2 Å². The number of rotatable bonds is 4. The van der Waals surface area contributed by atoms with Crippen molar-refractivity contribution in [3.8, 4) is 5.75 Å². The number of anilines is 1. The maximum Gasteiger partial charge on any atom is 0.296 e. The summed E-state index contributed by atoms with van der Waals surface area (Å²) < 4.78 is 28.9. The minimum atomic E-state index is -3.75. The van der Waals surface area contributed by atoms with Crippen LogP contribution in [0.15, 0.2) is 24.3 Å². The number of benzene rings is 1. The summed E-state index contributed by atoms with van der Waals surface area (Å²) in [4.78, 5) is 0. The van der Waals surface area contributed by atoms with Crippen molar-refractivity contribution < 1.29 is 13.2 Å². The van der Waals surface area contributed by atoms with Crippen LogP contribution in [-0.2, 0) is 10.2 Å². The predicted octanol–water partition coefficient (Wildman–Crippen LogP) is 0.701. The number of hydrogen-bond acceptors (Lipinski definition) is 3. The molecule has 1 rings (SSSR count). The van der Waals surface area contributed by atoms with Crippen LogP contribution in [0.4, 0.5) is 5.69 Å². The van der Waals surface area contributed by atoms with Crippen molar-refractivity contribution in [3.05, 3.63) is 24.3 Å². The minimum absolute atomic E-state index is 0.344. The van der Waals surface area contributed by atoms with Gasteiger partial charge >= 0.3 is 0 Å². The van der Waals surface area contributed by atoms with Gasteiger partial charge < -0.3 is 4.74 Å². The number of para-hydroxylation sites is 2. The van der Waals surface area contributed by atoms with Gasteiger partial charge in [0.1, 0.15) is 5.75 Å². The Morgan fingerprint density at radius 2 is 2.07 bits per heavy atom. The predicted molar refractivity (Wildman–Crippen MR) is 54.3 cm³/mol. The van der Waals surface area contributed by atoms with Gasteiger partial charge in [-0.15, -0.1) is 0 Å². The Labute approximate surface area is 83.1 Å². The van der Waals surface area contributed by atoms with Crippen LogP contribution in [0.3, 0.4) is 0 Å². The molecular weight excluding hydrogens is 204 g/mol. The molecule has 0 aromatic heterocycles. The maximum absolute atomic E-state index is 10.8. The first-order chi connectivity index (χ1) is 6.53. The van der Waals surface area contributed by atoms with E-state index < -0.39 is 10.2 Å². The molecule has 0 spiro atoms. The Balaban J connectivity index is 2.95. The van der Waals surface area contributed by atoms with E-state index >= 15 is 0 Å². The van der Waals surface area contributed by atoms with E-state index in [0.29, 0.717) is 18.0 Å². The average molecular weight is 216 g/mol. The van der Waals surface area contributed by atoms with E-state index in [4.69, 9.17) is 9.88 Å². The molecule has 0 amide bonds. The van der Waals surface area contributed by atoms with Gasteiger partial charge in [-0.05, 0) is 19.1 Å². The van der Waals surface area contributed by atoms with E-state index in [1.54, 1.807) is 24.3 Å². The molecule has 5 nitrogen and oxygen atoms in total. The molecule has 0 atom stereocenters. The Morgan fingerprint density at radius 3 is 2.64 bits per heavy atom. The van der Waals surface area contributed by atoms with Gasteiger partial charge in [-0.1, -0.05) is 12.1 Å². The van der Waals surface area contributed by atoms with E-state index in [-0.39, 0.29) is 0 Å². The topological polar surface area (TPSA) is 81.4 Å². The van der Waals surface area contributed by atoms with Crippen LogP contribution in [-0.4, -0.2) is 15.0 Å². The quantitative estimate of drug-likeness (QED) is 0.777. The zero-order chi connectivity index (χ0) is 10.6. The van der Waals surface area contributed by atoms with Crippen LogP contribution in [0.1, 0.15) is 6.92 Å². The van der Waals surface area contributed by atoms with Crippen LogP contribution < -0.4 is 14.6 Å². The van der Waals surface area contributed by atoms with Crippen molar-refractivity contribution in [2.45, 2.75) is 6.92 Å². The first-order valence-corrected chi connectivity index (χ1v) is 5.60. The lowest BCUT2D eigenvalue weighted by Crippen LogP contribution is -2.22. The highest BCUT2D eigenvalue weighted by Gasteiger charge is 2.06. The van der Waals surface area contributed by atoms with Crippen LogP contribution in [0.5, 0.6) is 5.75 Å². The van der Waals surface area contributed by atoms with Crippen molar-refractivity contribution in [1.82, 2.24) is 0 Å². The van der Waals surface area contributed by atoms with E-state index in [2.05, 4.69) is 4.72 Å². The van der Waals surface area contributed by atoms with Crippen LogP contribution in [0.2, 0.25) is 0 Å². The van der Waals surface area contributed by atoms with Crippen molar-refractivity contribution >= 4 is 15.9 Å². The van der Waals surface area contributed by atoms with Crippen LogP contribution in [0, 0.1) is 0 Å². The molecular formula is C8H12N2O3S. The first-order valence-electron chi connectivity index (χ1n) is 4.05. The molecule has 3 N–H and O–H groups in total. The van der Waals surface area contributed by atoms with Gasteiger partial charge in [0.2, 0.25) is 0 Å². The molecule has 0 unspecified atom stereocenters. The summed E-state index contributed by atoms with van der Waals surface area (Å²) in [7, 11) is -3.75. The summed E-state index contributed by atoms with van der Waals surface area (Å²) >= 11 is 0. The Kier molecular flexibility index (Phi) is 3.32. The lowest BCUT2D eigenvalue weighted by Gasteiger charge is -2.09. The molecule has 78 valence electrons. The van der Waals surface area contributed by atoms with Gasteiger partial charge in [0.15, 0.2) is 0 Å². The third kappa shape index (κ3) is 3.23. The summed E-state index contributed by atoms with van der Waals surface area (Å²) in [5.74, 6) is 0.462. The molecule has 0 aliphatic heterocycles. The van der Waals surface area contributed by atoms with Crippen LogP contribution in [0.25, 0.3) is 0 Å². The lowest BCUT2D eigenvalue weighted by molar-refractivity contribution is 0.342. The summed E-state index contributed by atoms with van der Waals surface area (Å²) in [6.45, 7) is 2.27. The Morgan fingerprint density at radius 1 is 1.43 bits per heavy atom. The highest BCUT2D eigenvalue weighted by molar-refractivity contribution is 7.90. The zero-order valence-electron chi connectivity index (χ0n) is 7.73. The second-order valence-electron chi connectivity index (χ2n) is 2.58. The molecule has 0 bridgehead atoms. The molecule has 1 aromatic rings. The van der Waals surface area contributed by atoms with Crippen molar-refractivity contribution in [2.75, 3.05) is 11.3 Å². The minimum Gasteiger partial charge on any atom is -0.492 e. The standard InChI is InChI=1S/C8H12N2O3S/c1-2-13-8-6-4-3-5-7(8)10-14(9,11)12/h3-6,10H,2H2,1H3,(H2,9,11,12). The summed E-state index contributed by atoms with van der Waals surface area (Å²) in [6, 6.07) is 6.68. The van der Waals surface area contributed by atoms with Gasteiger partial charge in [-0.25, -0.2) is 5.14 Å². The lowest BCUT2D eigenvalue weighted by atomic mass is 10.3. The van der Waals surface area contributed by atoms with Crippen molar-refractivity contribution in [2.24, 2.45) is 5.14 Å². The highest BCUT2D eigenvalue weighted by atomic mass is 32.2. The zero-order valence-corrected chi connectivity index (χ0v) is 8.54. The van der Waals surface area contributed by atoms with E-state index in [9.17, 15) is 8.42 Å².